The van der Waals surface area contributed by atoms with Crippen molar-refractivity contribution in [3.8, 4) is 0 Å². The molecule has 76 valence electrons. The summed E-state index contributed by atoms with van der Waals surface area (Å²) in [5.74, 6) is -0.766. The number of hydrogen-bond acceptors (Lipinski definition) is 2. The van der Waals surface area contributed by atoms with Crippen LogP contribution in [0.2, 0.25) is 0 Å². The van der Waals surface area contributed by atoms with Crippen LogP contribution in [-0.4, -0.2) is 17.3 Å². The molecule has 0 saturated heterocycles. The van der Waals surface area contributed by atoms with E-state index < -0.39 is 5.97 Å². The van der Waals surface area contributed by atoms with Crippen LogP contribution in [0.1, 0.15) is 18.1 Å². The molecule has 0 spiro atoms. The third-order valence-electron chi connectivity index (χ3n) is 2.15. The van der Waals surface area contributed by atoms with Crippen LogP contribution in [0.25, 0.3) is 0 Å². The van der Waals surface area contributed by atoms with E-state index in [2.05, 4.69) is 6.92 Å². The van der Waals surface area contributed by atoms with Crippen molar-refractivity contribution in [2.45, 2.75) is 24.7 Å². The molecule has 14 heavy (non-hydrogen) atoms. The summed E-state index contributed by atoms with van der Waals surface area (Å²) < 4.78 is 0. The molecule has 1 aromatic rings. The monoisotopic (exact) mass is 210 g/mol. The lowest BCUT2D eigenvalue weighted by atomic mass is 10.0. The van der Waals surface area contributed by atoms with Crippen molar-refractivity contribution in [1.29, 1.82) is 0 Å². The van der Waals surface area contributed by atoms with E-state index in [0.717, 1.165) is 12.0 Å². The van der Waals surface area contributed by atoms with Gasteiger partial charge < -0.3 is 5.11 Å². The molecule has 0 saturated carbocycles. The summed E-state index contributed by atoms with van der Waals surface area (Å²) >= 11 is 1.67. The summed E-state index contributed by atoms with van der Waals surface area (Å²) in [7, 11) is 0. The molecule has 1 N–H and O–H groups in total. The second-order valence-corrected chi connectivity index (χ2v) is 3.87. The Labute approximate surface area is 88.3 Å². The molecule has 0 aromatic heterocycles. The number of carboxylic acids is 1. The van der Waals surface area contributed by atoms with Crippen molar-refractivity contribution in [3.05, 3.63) is 29.3 Å². The number of aliphatic carboxylic acids is 1. The van der Waals surface area contributed by atoms with Gasteiger partial charge in [0.1, 0.15) is 0 Å². The van der Waals surface area contributed by atoms with Gasteiger partial charge >= 0.3 is 5.97 Å². The molecule has 1 rings (SSSR count). The maximum atomic E-state index is 10.6. The predicted molar refractivity (Wildman–Crippen MR) is 58.9 cm³/mol. The summed E-state index contributed by atoms with van der Waals surface area (Å²) in [6.45, 7) is 2.06. The van der Waals surface area contributed by atoms with Gasteiger partial charge in [0.05, 0.1) is 6.42 Å². The first kappa shape index (κ1) is 11.1. The Morgan fingerprint density at radius 1 is 1.50 bits per heavy atom. The van der Waals surface area contributed by atoms with E-state index in [1.807, 2.05) is 24.5 Å². The molecular formula is C11H14O2S. The second-order valence-electron chi connectivity index (χ2n) is 3.02. The number of thioether (sulfide) groups is 1. The summed E-state index contributed by atoms with van der Waals surface area (Å²) in [5, 5.41) is 8.74. The molecule has 0 aliphatic heterocycles. The fraction of sp³-hybridized carbons (Fsp3) is 0.364. The normalized spacial score (nSPS) is 10.1. The van der Waals surface area contributed by atoms with Crippen LogP contribution < -0.4 is 0 Å². The van der Waals surface area contributed by atoms with E-state index in [4.69, 9.17) is 5.11 Å². The van der Waals surface area contributed by atoms with Gasteiger partial charge in [0, 0.05) is 4.90 Å². The molecule has 1 aromatic carbocycles. The maximum Gasteiger partial charge on any atom is 0.307 e. The SMILES string of the molecule is CCc1c(CC(=O)O)cccc1SC. The van der Waals surface area contributed by atoms with Gasteiger partial charge in [-0.25, -0.2) is 0 Å². The van der Waals surface area contributed by atoms with Crippen LogP contribution in [-0.2, 0) is 17.6 Å². The Kier molecular flexibility index (Phi) is 4.01. The second kappa shape index (κ2) is 5.05. The highest BCUT2D eigenvalue weighted by Gasteiger charge is 2.08. The molecule has 0 fully saturated rings. The van der Waals surface area contributed by atoms with E-state index >= 15 is 0 Å². The quantitative estimate of drug-likeness (QED) is 0.776. The lowest BCUT2D eigenvalue weighted by Gasteiger charge is -2.09. The van der Waals surface area contributed by atoms with Gasteiger partial charge in [0.25, 0.3) is 0 Å². The van der Waals surface area contributed by atoms with Crippen LogP contribution in [0.5, 0.6) is 0 Å². The summed E-state index contributed by atoms with van der Waals surface area (Å²) in [4.78, 5) is 11.8. The maximum absolute atomic E-state index is 10.6. The average Bonchev–Trinajstić information content (AvgIpc) is 2.16. The largest absolute Gasteiger partial charge is 0.481 e. The molecule has 0 aliphatic rings. The number of hydrogen-bond donors (Lipinski definition) is 1. The standard InChI is InChI=1S/C11H14O2S/c1-3-9-8(7-11(12)13)5-4-6-10(9)14-2/h4-6H,3,7H2,1-2H3,(H,12,13). The van der Waals surface area contributed by atoms with E-state index in [-0.39, 0.29) is 6.42 Å². The Morgan fingerprint density at radius 3 is 2.71 bits per heavy atom. The van der Waals surface area contributed by atoms with E-state index in [9.17, 15) is 4.79 Å². The molecule has 0 aliphatic carbocycles. The lowest BCUT2D eigenvalue weighted by molar-refractivity contribution is -0.136. The van der Waals surface area contributed by atoms with E-state index in [0.29, 0.717) is 0 Å². The number of rotatable bonds is 4. The topological polar surface area (TPSA) is 37.3 Å². The molecule has 0 amide bonds. The first-order valence-corrected chi connectivity index (χ1v) is 5.78. The average molecular weight is 210 g/mol. The van der Waals surface area contributed by atoms with Gasteiger partial charge in [-0.2, -0.15) is 0 Å². The van der Waals surface area contributed by atoms with Crippen molar-refractivity contribution in [2.75, 3.05) is 6.26 Å². The number of carbonyl (C=O) groups is 1. The number of carboxylic acid groups (broad SMARTS) is 1. The fourth-order valence-corrected chi connectivity index (χ4v) is 2.27. The number of benzene rings is 1. The van der Waals surface area contributed by atoms with Gasteiger partial charge in [-0.15, -0.1) is 11.8 Å². The van der Waals surface area contributed by atoms with E-state index in [1.54, 1.807) is 11.8 Å². The zero-order valence-corrected chi connectivity index (χ0v) is 9.23. The van der Waals surface area contributed by atoms with Gasteiger partial charge in [0.15, 0.2) is 0 Å². The molecule has 0 unspecified atom stereocenters. The van der Waals surface area contributed by atoms with Crippen LogP contribution >= 0.6 is 11.8 Å². The Hall–Kier alpha value is -0.960. The molecule has 3 heteroatoms. The summed E-state index contributed by atoms with van der Waals surface area (Å²) in [5.41, 5.74) is 2.11. The van der Waals surface area contributed by atoms with Gasteiger partial charge in [0.2, 0.25) is 0 Å². The van der Waals surface area contributed by atoms with Gasteiger partial charge in [-0.3, -0.25) is 4.79 Å². The van der Waals surface area contributed by atoms with Crippen molar-refractivity contribution >= 4 is 17.7 Å². The first-order valence-electron chi connectivity index (χ1n) is 4.55. The van der Waals surface area contributed by atoms with Crippen molar-refractivity contribution < 1.29 is 9.90 Å². The molecule has 0 bridgehead atoms. The van der Waals surface area contributed by atoms with Crippen molar-refractivity contribution in [2.24, 2.45) is 0 Å². The third kappa shape index (κ3) is 2.51. The molecule has 0 atom stereocenters. The highest BCUT2D eigenvalue weighted by Crippen LogP contribution is 2.24. The van der Waals surface area contributed by atoms with Crippen LogP contribution in [0.15, 0.2) is 23.1 Å². The fourth-order valence-electron chi connectivity index (χ4n) is 1.53. The first-order chi connectivity index (χ1) is 6.69. The summed E-state index contributed by atoms with van der Waals surface area (Å²) in [6, 6.07) is 5.85. The zero-order chi connectivity index (χ0) is 10.6. The smallest absolute Gasteiger partial charge is 0.307 e. The minimum Gasteiger partial charge on any atom is -0.481 e. The van der Waals surface area contributed by atoms with Crippen molar-refractivity contribution in [1.82, 2.24) is 0 Å². The van der Waals surface area contributed by atoms with E-state index in [1.165, 1.54) is 10.5 Å². The summed E-state index contributed by atoms with van der Waals surface area (Å²) in [6.07, 6.45) is 3.02. The van der Waals surface area contributed by atoms with Crippen LogP contribution in [0, 0.1) is 0 Å². The molecule has 0 radical (unpaired) electrons. The minimum atomic E-state index is -0.766. The van der Waals surface area contributed by atoms with Crippen LogP contribution in [0.3, 0.4) is 0 Å². The highest BCUT2D eigenvalue weighted by atomic mass is 32.2. The Bertz CT molecular complexity index is 334. The van der Waals surface area contributed by atoms with Gasteiger partial charge in [-0.1, -0.05) is 19.1 Å². The van der Waals surface area contributed by atoms with Gasteiger partial charge in [-0.05, 0) is 29.9 Å². The Balaban J connectivity index is 3.08. The Morgan fingerprint density at radius 2 is 2.21 bits per heavy atom. The highest BCUT2D eigenvalue weighted by molar-refractivity contribution is 7.98. The minimum absolute atomic E-state index is 0.123. The van der Waals surface area contributed by atoms with Crippen LogP contribution in [0.4, 0.5) is 0 Å². The predicted octanol–water partition coefficient (Wildman–Crippen LogP) is 2.60. The molecule has 0 heterocycles. The molecule has 2 nitrogen and oxygen atoms in total. The van der Waals surface area contributed by atoms with Crippen molar-refractivity contribution in [3.63, 3.8) is 0 Å². The third-order valence-corrected chi connectivity index (χ3v) is 2.97. The lowest BCUT2D eigenvalue weighted by Crippen LogP contribution is -2.04. The molecular weight excluding hydrogens is 196 g/mol. The zero-order valence-electron chi connectivity index (χ0n) is 8.41.